The summed E-state index contributed by atoms with van der Waals surface area (Å²) >= 11 is 0. The number of hydrogen-bond acceptors (Lipinski definition) is 2. The molecule has 0 amide bonds. The van der Waals surface area contributed by atoms with E-state index in [0.717, 1.165) is 19.1 Å². The first kappa shape index (κ1) is 10.4. The molecule has 0 fully saturated rings. The van der Waals surface area contributed by atoms with Crippen LogP contribution in [-0.4, -0.2) is 19.0 Å². The maximum absolute atomic E-state index is 11.1. The number of aldehydes is 1. The van der Waals surface area contributed by atoms with Crippen molar-refractivity contribution in [3.8, 4) is 0 Å². The molecule has 15 heavy (non-hydrogen) atoms. The van der Waals surface area contributed by atoms with Crippen LogP contribution in [0.1, 0.15) is 23.1 Å². The first-order valence-electron chi connectivity index (χ1n) is 5.29. The van der Waals surface area contributed by atoms with E-state index in [9.17, 15) is 4.79 Å². The molecule has 0 saturated heterocycles. The minimum Gasteiger partial charge on any atom is -0.370 e. The van der Waals surface area contributed by atoms with E-state index in [1.807, 2.05) is 0 Å². The van der Waals surface area contributed by atoms with Gasteiger partial charge in [-0.15, -0.1) is 0 Å². The van der Waals surface area contributed by atoms with E-state index in [2.05, 4.69) is 25.1 Å². The second-order valence-corrected chi connectivity index (χ2v) is 4.34. The zero-order valence-electron chi connectivity index (χ0n) is 9.25. The van der Waals surface area contributed by atoms with Gasteiger partial charge >= 0.3 is 0 Å². The van der Waals surface area contributed by atoms with E-state index < -0.39 is 5.60 Å². The molecule has 0 bridgehead atoms. The zero-order chi connectivity index (χ0) is 10.9. The number of rotatable bonds is 2. The molecule has 2 heteroatoms. The second kappa shape index (κ2) is 3.78. The van der Waals surface area contributed by atoms with E-state index in [0.29, 0.717) is 6.42 Å². The SMILES string of the molecule is COC1(C=O)CCc2ccc(C)cc2C1. The molecule has 0 radical (unpaired) electrons. The number of ether oxygens (including phenoxy) is 1. The Balaban J connectivity index is 2.36. The van der Waals surface area contributed by atoms with Crippen molar-refractivity contribution in [2.24, 2.45) is 0 Å². The number of hydrogen-bond donors (Lipinski definition) is 0. The van der Waals surface area contributed by atoms with Crippen LogP contribution in [0.15, 0.2) is 18.2 Å². The molecule has 1 unspecified atom stereocenters. The van der Waals surface area contributed by atoms with Gasteiger partial charge in [-0.1, -0.05) is 23.8 Å². The van der Waals surface area contributed by atoms with Crippen LogP contribution < -0.4 is 0 Å². The average Bonchev–Trinajstić information content (AvgIpc) is 2.28. The molecule has 1 aliphatic carbocycles. The zero-order valence-corrected chi connectivity index (χ0v) is 9.25. The van der Waals surface area contributed by atoms with Crippen LogP contribution in [0.4, 0.5) is 0 Å². The smallest absolute Gasteiger partial charge is 0.152 e. The highest BCUT2D eigenvalue weighted by Crippen LogP contribution is 2.30. The fourth-order valence-corrected chi connectivity index (χ4v) is 2.24. The van der Waals surface area contributed by atoms with Crippen molar-refractivity contribution in [1.29, 1.82) is 0 Å². The van der Waals surface area contributed by atoms with Gasteiger partial charge in [0.2, 0.25) is 0 Å². The van der Waals surface area contributed by atoms with Crippen molar-refractivity contribution in [2.75, 3.05) is 7.11 Å². The van der Waals surface area contributed by atoms with Crippen LogP contribution in [-0.2, 0) is 22.4 Å². The number of carbonyl (C=O) groups excluding carboxylic acids is 1. The summed E-state index contributed by atoms with van der Waals surface area (Å²) in [6.45, 7) is 2.07. The molecule has 0 aliphatic heterocycles. The van der Waals surface area contributed by atoms with Gasteiger partial charge < -0.3 is 9.53 Å². The molecular formula is C13H16O2. The molecule has 1 aliphatic rings. The van der Waals surface area contributed by atoms with Crippen LogP contribution in [0, 0.1) is 6.92 Å². The normalized spacial score (nSPS) is 24.7. The van der Waals surface area contributed by atoms with Gasteiger partial charge in [0, 0.05) is 13.5 Å². The Morgan fingerprint density at radius 3 is 2.87 bits per heavy atom. The maximum atomic E-state index is 11.1. The number of aryl methyl sites for hydroxylation is 2. The summed E-state index contributed by atoms with van der Waals surface area (Å²) < 4.78 is 5.36. The summed E-state index contributed by atoms with van der Waals surface area (Å²) in [5.74, 6) is 0. The topological polar surface area (TPSA) is 26.3 Å². The lowest BCUT2D eigenvalue weighted by Gasteiger charge is -2.32. The lowest BCUT2D eigenvalue weighted by Crippen LogP contribution is -2.39. The highest BCUT2D eigenvalue weighted by molar-refractivity contribution is 5.64. The fraction of sp³-hybridized carbons (Fsp3) is 0.462. The Kier molecular flexibility index (Phi) is 2.61. The fourth-order valence-electron chi connectivity index (χ4n) is 2.24. The lowest BCUT2D eigenvalue weighted by molar-refractivity contribution is -0.128. The quantitative estimate of drug-likeness (QED) is 0.689. The van der Waals surface area contributed by atoms with Gasteiger partial charge in [0.1, 0.15) is 5.60 Å². The van der Waals surface area contributed by atoms with Gasteiger partial charge in [-0.2, -0.15) is 0 Å². The van der Waals surface area contributed by atoms with E-state index >= 15 is 0 Å². The second-order valence-electron chi connectivity index (χ2n) is 4.34. The average molecular weight is 204 g/mol. The van der Waals surface area contributed by atoms with Crippen LogP contribution in [0.2, 0.25) is 0 Å². The van der Waals surface area contributed by atoms with E-state index in [1.165, 1.54) is 16.7 Å². The number of benzene rings is 1. The highest BCUT2D eigenvalue weighted by atomic mass is 16.5. The number of carbonyl (C=O) groups is 1. The minimum atomic E-state index is -0.583. The molecule has 1 atom stereocenters. The third kappa shape index (κ3) is 1.82. The Morgan fingerprint density at radius 2 is 2.20 bits per heavy atom. The van der Waals surface area contributed by atoms with Crippen molar-refractivity contribution in [1.82, 2.24) is 0 Å². The minimum absolute atomic E-state index is 0.583. The Morgan fingerprint density at radius 1 is 1.40 bits per heavy atom. The summed E-state index contributed by atoms with van der Waals surface area (Å²) in [5.41, 5.74) is 3.28. The van der Waals surface area contributed by atoms with E-state index in [4.69, 9.17) is 4.74 Å². The van der Waals surface area contributed by atoms with Gasteiger partial charge in [0.05, 0.1) is 0 Å². The molecule has 1 aromatic rings. The molecule has 1 aromatic carbocycles. The number of fused-ring (bicyclic) bond motifs is 1. The van der Waals surface area contributed by atoms with E-state index in [1.54, 1.807) is 7.11 Å². The number of methoxy groups -OCH3 is 1. The monoisotopic (exact) mass is 204 g/mol. The van der Waals surface area contributed by atoms with Crippen LogP contribution in [0.25, 0.3) is 0 Å². The molecule has 0 N–H and O–H groups in total. The van der Waals surface area contributed by atoms with Gasteiger partial charge in [0.25, 0.3) is 0 Å². The molecule has 0 aromatic heterocycles. The summed E-state index contributed by atoms with van der Waals surface area (Å²) in [4.78, 5) is 11.1. The predicted octanol–water partition coefficient (Wildman–Crippen LogP) is 2.07. The highest BCUT2D eigenvalue weighted by Gasteiger charge is 2.33. The van der Waals surface area contributed by atoms with E-state index in [-0.39, 0.29) is 0 Å². The summed E-state index contributed by atoms with van der Waals surface area (Å²) in [6.07, 6.45) is 3.40. The van der Waals surface area contributed by atoms with Crippen LogP contribution >= 0.6 is 0 Å². The van der Waals surface area contributed by atoms with Gasteiger partial charge in [0.15, 0.2) is 6.29 Å². The summed E-state index contributed by atoms with van der Waals surface area (Å²) in [7, 11) is 1.62. The Labute approximate surface area is 90.3 Å². The largest absolute Gasteiger partial charge is 0.370 e. The molecule has 2 rings (SSSR count). The first-order chi connectivity index (χ1) is 7.19. The predicted molar refractivity (Wildman–Crippen MR) is 59.0 cm³/mol. The van der Waals surface area contributed by atoms with Gasteiger partial charge in [-0.05, 0) is 30.9 Å². The maximum Gasteiger partial charge on any atom is 0.152 e. The van der Waals surface area contributed by atoms with Gasteiger partial charge in [-0.3, -0.25) is 0 Å². The van der Waals surface area contributed by atoms with Crippen molar-refractivity contribution in [3.05, 3.63) is 34.9 Å². The third-order valence-corrected chi connectivity index (χ3v) is 3.29. The van der Waals surface area contributed by atoms with Gasteiger partial charge in [-0.25, -0.2) is 0 Å². The summed E-state index contributed by atoms with van der Waals surface area (Å²) in [5, 5.41) is 0. The van der Waals surface area contributed by atoms with Crippen molar-refractivity contribution < 1.29 is 9.53 Å². The molecule has 80 valence electrons. The van der Waals surface area contributed by atoms with Crippen molar-refractivity contribution in [2.45, 2.75) is 31.8 Å². The van der Waals surface area contributed by atoms with Crippen LogP contribution in [0.5, 0.6) is 0 Å². The molecule has 0 heterocycles. The lowest BCUT2D eigenvalue weighted by atomic mass is 9.80. The summed E-state index contributed by atoms with van der Waals surface area (Å²) in [6, 6.07) is 6.44. The Bertz CT molecular complexity index is 384. The van der Waals surface area contributed by atoms with Crippen molar-refractivity contribution in [3.63, 3.8) is 0 Å². The standard InChI is InChI=1S/C13H16O2/c1-10-3-4-11-5-6-13(9-14,15-2)8-12(11)7-10/h3-4,7,9H,5-6,8H2,1-2H3. The molecule has 0 spiro atoms. The van der Waals surface area contributed by atoms with Crippen molar-refractivity contribution >= 4 is 6.29 Å². The molecular weight excluding hydrogens is 188 g/mol. The molecule has 2 nitrogen and oxygen atoms in total. The first-order valence-corrected chi connectivity index (χ1v) is 5.29. The van der Waals surface area contributed by atoms with Crippen LogP contribution in [0.3, 0.4) is 0 Å². The Hall–Kier alpha value is -1.15. The molecule has 0 saturated carbocycles. The third-order valence-electron chi connectivity index (χ3n) is 3.29.